The summed E-state index contributed by atoms with van der Waals surface area (Å²) in [7, 11) is 0. The normalized spacial score (nSPS) is 13.3. The fraction of sp³-hybridized carbons (Fsp3) is 0.0857. The van der Waals surface area contributed by atoms with Crippen LogP contribution in [0.3, 0.4) is 0 Å². The van der Waals surface area contributed by atoms with Gasteiger partial charge in [-0.2, -0.15) is 0 Å². The molecule has 1 aliphatic rings. The summed E-state index contributed by atoms with van der Waals surface area (Å²) in [5.41, 5.74) is 9.24. The van der Waals surface area contributed by atoms with Crippen molar-refractivity contribution < 1.29 is 21.1 Å². The number of fused-ring (bicyclic) bond motifs is 3. The minimum Gasteiger partial charge on any atom is -0.778 e. The molecule has 0 spiro atoms. The molecule has 0 amide bonds. The predicted octanol–water partition coefficient (Wildman–Crippen LogP) is 8.78. The Morgan fingerprint density at radius 1 is 0.750 bits per heavy atom. The van der Waals surface area contributed by atoms with Crippen LogP contribution in [0, 0.1) is 6.07 Å². The molecule has 5 heteroatoms. The smallest absolute Gasteiger partial charge is 0.778 e. The molecule has 196 valence electrons. The molecule has 40 heavy (non-hydrogen) atoms. The summed E-state index contributed by atoms with van der Waals surface area (Å²) in [6.45, 7) is 4.56. The summed E-state index contributed by atoms with van der Waals surface area (Å²) in [6.07, 6.45) is 1.89. The third-order valence-electron chi connectivity index (χ3n) is 7.68. The van der Waals surface area contributed by atoms with Crippen molar-refractivity contribution in [2.75, 3.05) is 4.90 Å². The van der Waals surface area contributed by atoms with E-state index in [-0.39, 0.29) is 26.5 Å². The summed E-state index contributed by atoms with van der Waals surface area (Å²) in [4.78, 5) is 12.8. The first-order chi connectivity index (χ1) is 19.0. The Hall–Kier alpha value is -3.85. The van der Waals surface area contributed by atoms with E-state index in [2.05, 4.69) is 110 Å². The first-order valence-electron chi connectivity index (χ1n) is 13.1. The molecule has 3 nitrogen and oxygen atoms in total. The van der Waals surface area contributed by atoms with Crippen molar-refractivity contribution in [1.29, 1.82) is 0 Å². The van der Waals surface area contributed by atoms with E-state index in [0.29, 0.717) is 0 Å². The van der Waals surface area contributed by atoms with E-state index in [1.54, 1.807) is 0 Å². The Kier molecular flexibility index (Phi) is 6.78. The van der Waals surface area contributed by atoms with E-state index in [1.165, 1.54) is 11.1 Å². The maximum absolute atomic E-state index is 5.58. The summed E-state index contributed by atoms with van der Waals surface area (Å²) in [5, 5.41) is 1.04. The van der Waals surface area contributed by atoms with Crippen LogP contribution in [0.1, 0.15) is 25.0 Å². The van der Waals surface area contributed by atoms with Gasteiger partial charge in [0.25, 0.3) is 0 Å². The second kappa shape index (κ2) is 10.3. The fourth-order valence-electron chi connectivity index (χ4n) is 5.63. The largest absolute Gasteiger partial charge is 2.00 e. The van der Waals surface area contributed by atoms with Crippen LogP contribution in [0.15, 0.2) is 120 Å². The molecule has 0 radical (unpaired) electrons. The summed E-state index contributed by atoms with van der Waals surface area (Å²) < 4.78 is 0. The van der Waals surface area contributed by atoms with Crippen LogP contribution in [0.5, 0.6) is 0 Å². The number of aromatic nitrogens is 2. The summed E-state index contributed by atoms with van der Waals surface area (Å²) in [5.74, 6) is 0.855. The van der Waals surface area contributed by atoms with Gasteiger partial charge in [0.15, 0.2) is 0 Å². The van der Waals surface area contributed by atoms with E-state index in [4.69, 9.17) is 22.6 Å². The molecular weight excluding hydrogens is 690 g/mol. The number of rotatable bonds is 3. The first kappa shape index (κ1) is 26.4. The fourth-order valence-corrected chi connectivity index (χ4v) is 5.88. The molecule has 0 unspecified atom stereocenters. The zero-order valence-electron chi connectivity index (χ0n) is 22.0. The summed E-state index contributed by atoms with van der Waals surface area (Å²) in [6, 6.07) is 41.4. The van der Waals surface area contributed by atoms with Gasteiger partial charge in [-0.15, -0.1) is 28.7 Å². The van der Waals surface area contributed by atoms with Crippen molar-refractivity contribution >= 4 is 40.7 Å². The molecule has 7 rings (SSSR count). The predicted molar refractivity (Wildman–Crippen MR) is 162 cm³/mol. The quantitative estimate of drug-likeness (QED) is 0.136. The second-order valence-electron chi connectivity index (χ2n) is 10.4. The van der Waals surface area contributed by atoms with E-state index in [1.807, 2.05) is 30.5 Å². The molecule has 0 N–H and O–H groups in total. The monoisotopic (exact) mass is 714 g/mol. The molecule has 0 aliphatic carbocycles. The Balaban J connectivity index is 0.00000289. The van der Waals surface area contributed by atoms with Gasteiger partial charge in [0, 0.05) is 17.4 Å². The van der Waals surface area contributed by atoms with Gasteiger partial charge in [-0.1, -0.05) is 98.3 Å². The zero-order valence-corrected chi connectivity index (χ0v) is 25.1. The minimum atomic E-state index is -0.209. The van der Waals surface area contributed by atoms with E-state index >= 15 is 0 Å². The van der Waals surface area contributed by atoms with Gasteiger partial charge in [0.2, 0.25) is 0 Å². The van der Waals surface area contributed by atoms with Gasteiger partial charge in [0.1, 0.15) is 5.82 Å². The number of anilines is 3. The average molecular weight is 715 g/mol. The molecular formula is C35H25N3PtS. The van der Waals surface area contributed by atoms with Gasteiger partial charge in [0.05, 0.1) is 0 Å². The van der Waals surface area contributed by atoms with Crippen molar-refractivity contribution in [2.45, 2.75) is 24.2 Å². The van der Waals surface area contributed by atoms with Crippen LogP contribution in [0.25, 0.3) is 33.3 Å². The Labute approximate surface area is 254 Å². The van der Waals surface area contributed by atoms with Crippen molar-refractivity contribution in [3.05, 3.63) is 133 Å². The summed E-state index contributed by atoms with van der Waals surface area (Å²) >= 11 is 5.58. The minimum absolute atomic E-state index is 0. The number of pyridine rings is 2. The van der Waals surface area contributed by atoms with Gasteiger partial charge in [-0.05, 0) is 57.1 Å². The van der Waals surface area contributed by atoms with Crippen LogP contribution in [0.2, 0.25) is 0 Å². The van der Waals surface area contributed by atoms with Gasteiger partial charge in [-0.3, -0.25) is 4.98 Å². The molecule has 0 saturated carbocycles. The molecule has 1 aliphatic heterocycles. The zero-order chi connectivity index (χ0) is 26.6. The van der Waals surface area contributed by atoms with Crippen molar-refractivity contribution in [3.8, 4) is 22.4 Å². The molecule has 6 aromatic rings. The topological polar surface area (TPSA) is 29.0 Å². The van der Waals surface area contributed by atoms with Gasteiger partial charge in [-0.25, -0.2) is 4.98 Å². The van der Waals surface area contributed by atoms with E-state index in [0.717, 1.165) is 55.4 Å². The Morgan fingerprint density at radius 2 is 1.55 bits per heavy atom. The van der Waals surface area contributed by atoms with Crippen molar-refractivity contribution in [1.82, 2.24) is 9.97 Å². The van der Waals surface area contributed by atoms with Crippen LogP contribution in [-0.4, -0.2) is 9.97 Å². The number of para-hydroxylation sites is 2. The van der Waals surface area contributed by atoms with Crippen molar-refractivity contribution in [3.63, 3.8) is 0 Å². The molecule has 3 heterocycles. The molecule has 2 aromatic heterocycles. The van der Waals surface area contributed by atoms with E-state index in [9.17, 15) is 0 Å². The maximum atomic E-state index is 5.58. The molecule has 4 aromatic carbocycles. The molecule has 0 saturated heterocycles. The first-order valence-corrected chi connectivity index (χ1v) is 13.5. The third-order valence-corrected chi connectivity index (χ3v) is 8.01. The van der Waals surface area contributed by atoms with Crippen LogP contribution < -0.4 is 4.90 Å². The molecule has 0 bridgehead atoms. The SMILES string of the molecule is CC1(C)c2ccc(-c3ccc4cccc([S-])c4n3)[c-]c2N(c2cc(-c3ccccc3)ccn2)c2ccccc21.[Pt+2]. The number of nitrogens with zero attached hydrogens (tertiary/aromatic N) is 3. The van der Waals surface area contributed by atoms with Crippen LogP contribution in [0.4, 0.5) is 17.2 Å². The van der Waals surface area contributed by atoms with Crippen LogP contribution >= 0.6 is 0 Å². The van der Waals surface area contributed by atoms with E-state index < -0.39 is 0 Å². The maximum Gasteiger partial charge on any atom is 2.00 e. The third kappa shape index (κ3) is 4.32. The molecule has 0 atom stereocenters. The van der Waals surface area contributed by atoms with Gasteiger partial charge < -0.3 is 17.5 Å². The number of benzene rings is 4. The average Bonchev–Trinajstić information content (AvgIpc) is 2.98. The number of hydrogen-bond acceptors (Lipinski definition) is 4. The van der Waals surface area contributed by atoms with Crippen LogP contribution in [-0.2, 0) is 39.1 Å². The Bertz CT molecular complexity index is 1870. The Morgan fingerprint density at radius 3 is 2.40 bits per heavy atom. The standard InChI is InChI=1S/C35H26N3S.Pt/c1-35(2)27-12-6-7-13-30(27)38(33-22-25(19-20-36-33)23-9-4-3-5-10-23)31-21-26(15-17-28(31)35)29-18-16-24-11-8-14-32(39)34(24)37-29;/h3-20,22,39H,1-2H3;/q-1;+2/p-1. The number of hydrogen-bond donors (Lipinski definition) is 0. The second-order valence-corrected chi connectivity index (χ2v) is 10.8. The molecule has 0 fully saturated rings. The van der Waals surface area contributed by atoms with Gasteiger partial charge >= 0.3 is 21.1 Å². The van der Waals surface area contributed by atoms with Crippen molar-refractivity contribution in [2.24, 2.45) is 0 Å².